The van der Waals surface area contributed by atoms with Crippen LogP contribution < -0.4 is 5.73 Å². The molecule has 1 aromatic heterocycles. The van der Waals surface area contributed by atoms with E-state index in [0.717, 1.165) is 11.1 Å². The molecule has 2 N–H and O–H groups in total. The number of anilines is 1. The van der Waals surface area contributed by atoms with Crippen molar-refractivity contribution in [1.82, 2.24) is 4.98 Å². The molecule has 1 atom stereocenters. The van der Waals surface area contributed by atoms with Gasteiger partial charge in [0.05, 0.1) is 6.61 Å². The number of rotatable bonds is 4. The molecule has 0 amide bonds. The highest BCUT2D eigenvalue weighted by Crippen LogP contribution is 2.27. The third-order valence-corrected chi connectivity index (χ3v) is 3.01. The van der Waals surface area contributed by atoms with Gasteiger partial charge in [-0.3, -0.25) is 0 Å². The maximum atomic E-state index is 5.67. The van der Waals surface area contributed by atoms with E-state index >= 15 is 0 Å². The van der Waals surface area contributed by atoms with Crippen LogP contribution in [0, 0.1) is 0 Å². The number of fused-ring (bicyclic) bond motifs is 1. The quantitative estimate of drug-likeness (QED) is 0.655. The summed E-state index contributed by atoms with van der Waals surface area (Å²) in [6.07, 6.45) is 0. The number of nitrogens with zero attached hydrogens (tertiary/aromatic N) is 1. The Labute approximate surface area is 98.2 Å². The van der Waals surface area contributed by atoms with Crippen LogP contribution in [0.3, 0.4) is 0 Å². The molecule has 5 heteroatoms. The summed E-state index contributed by atoms with van der Waals surface area (Å²) in [5.41, 5.74) is 7.93. The topological polar surface area (TPSA) is 61.3 Å². The summed E-state index contributed by atoms with van der Waals surface area (Å²) in [5.74, 6) is 0. The Balaban J connectivity index is 2.19. The van der Waals surface area contributed by atoms with Crippen LogP contribution >= 0.6 is 11.8 Å². The first-order valence-corrected chi connectivity index (χ1v) is 5.88. The molecular weight excluding hydrogens is 224 g/mol. The molecule has 0 radical (unpaired) electrons. The summed E-state index contributed by atoms with van der Waals surface area (Å²) in [6, 6.07) is 5.45. The van der Waals surface area contributed by atoms with Gasteiger partial charge in [-0.2, -0.15) is 0 Å². The number of aromatic nitrogens is 1. The zero-order chi connectivity index (χ0) is 11.5. The number of ether oxygens (including phenoxy) is 1. The first-order chi connectivity index (χ1) is 7.69. The average molecular weight is 238 g/mol. The molecular formula is C11H14N2O2S. The van der Waals surface area contributed by atoms with Crippen molar-refractivity contribution < 1.29 is 9.15 Å². The Morgan fingerprint density at radius 1 is 1.56 bits per heavy atom. The molecule has 0 fully saturated rings. The normalized spacial score (nSPS) is 13.1. The lowest BCUT2D eigenvalue weighted by molar-refractivity contribution is 0.202. The number of thioether (sulfide) groups is 1. The number of nitrogen functional groups attached to an aromatic ring is 1. The highest BCUT2D eigenvalue weighted by Gasteiger charge is 2.10. The van der Waals surface area contributed by atoms with Crippen molar-refractivity contribution >= 4 is 28.5 Å². The van der Waals surface area contributed by atoms with Gasteiger partial charge in [0.25, 0.3) is 5.22 Å². The van der Waals surface area contributed by atoms with Gasteiger partial charge in [-0.15, -0.1) is 0 Å². The van der Waals surface area contributed by atoms with Crippen LogP contribution in [0.5, 0.6) is 0 Å². The van der Waals surface area contributed by atoms with Crippen molar-refractivity contribution in [1.29, 1.82) is 0 Å². The summed E-state index contributed by atoms with van der Waals surface area (Å²) in [5, 5.41) is 0.973. The number of methoxy groups -OCH3 is 1. The molecule has 0 aliphatic carbocycles. The van der Waals surface area contributed by atoms with Gasteiger partial charge >= 0.3 is 0 Å². The number of benzene rings is 1. The van der Waals surface area contributed by atoms with E-state index in [1.165, 1.54) is 0 Å². The summed E-state index contributed by atoms with van der Waals surface area (Å²) >= 11 is 1.56. The minimum absolute atomic E-state index is 0.315. The molecule has 0 bridgehead atoms. The zero-order valence-electron chi connectivity index (χ0n) is 9.27. The van der Waals surface area contributed by atoms with Gasteiger partial charge in [-0.05, 0) is 18.2 Å². The molecule has 4 nitrogen and oxygen atoms in total. The van der Waals surface area contributed by atoms with Gasteiger partial charge in [0.1, 0.15) is 5.52 Å². The van der Waals surface area contributed by atoms with Crippen LogP contribution in [0.4, 0.5) is 5.69 Å². The van der Waals surface area contributed by atoms with Gasteiger partial charge in [-0.1, -0.05) is 18.7 Å². The van der Waals surface area contributed by atoms with Crippen LogP contribution in [-0.4, -0.2) is 24.0 Å². The Morgan fingerprint density at radius 3 is 3.12 bits per heavy atom. The van der Waals surface area contributed by atoms with Gasteiger partial charge in [0.15, 0.2) is 5.58 Å². The van der Waals surface area contributed by atoms with E-state index < -0.39 is 0 Å². The van der Waals surface area contributed by atoms with E-state index in [-0.39, 0.29) is 0 Å². The van der Waals surface area contributed by atoms with E-state index in [2.05, 4.69) is 11.9 Å². The van der Waals surface area contributed by atoms with Gasteiger partial charge in [0, 0.05) is 18.0 Å². The van der Waals surface area contributed by atoms with Crippen LogP contribution in [0.2, 0.25) is 0 Å². The second kappa shape index (κ2) is 4.76. The van der Waals surface area contributed by atoms with Crippen molar-refractivity contribution in [3.63, 3.8) is 0 Å². The van der Waals surface area contributed by atoms with Gasteiger partial charge < -0.3 is 14.9 Å². The minimum Gasteiger partial charge on any atom is -0.431 e. The fraction of sp³-hybridized carbons (Fsp3) is 0.364. The van der Waals surface area contributed by atoms with E-state index in [1.807, 2.05) is 12.1 Å². The van der Waals surface area contributed by atoms with Crippen LogP contribution in [-0.2, 0) is 4.74 Å². The van der Waals surface area contributed by atoms with Crippen LogP contribution in [0.15, 0.2) is 27.8 Å². The Morgan fingerprint density at radius 2 is 2.38 bits per heavy atom. The molecule has 0 spiro atoms. The zero-order valence-corrected chi connectivity index (χ0v) is 10.1. The number of hydrogen-bond donors (Lipinski definition) is 1. The Hall–Kier alpha value is -1.20. The fourth-order valence-electron chi connectivity index (χ4n) is 1.41. The maximum absolute atomic E-state index is 5.67. The first-order valence-electron chi connectivity index (χ1n) is 5.00. The fourth-order valence-corrected chi connectivity index (χ4v) is 2.25. The molecule has 0 aliphatic rings. The standard InChI is InChI=1S/C11H14N2O2S/c1-7(6-14-2)16-11-13-9-5-8(12)3-4-10(9)15-11/h3-5,7H,6,12H2,1-2H3. The Bertz CT molecular complexity index is 484. The predicted molar refractivity (Wildman–Crippen MR) is 65.6 cm³/mol. The van der Waals surface area contributed by atoms with Crippen molar-refractivity contribution in [2.75, 3.05) is 19.5 Å². The lowest BCUT2D eigenvalue weighted by Crippen LogP contribution is -2.04. The van der Waals surface area contributed by atoms with Crippen molar-refractivity contribution in [2.45, 2.75) is 17.4 Å². The summed E-state index contributed by atoms with van der Waals surface area (Å²) in [7, 11) is 1.68. The first kappa shape index (κ1) is 11.3. The van der Waals surface area contributed by atoms with Gasteiger partial charge in [0.2, 0.25) is 0 Å². The van der Waals surface area contributed by atoms with E-state index in [0.29, 0.717) is 22.8 Å². The van der Waals surface area contributed by atoms with Crippen LogP contribution in [0.1, 0.15) is 6.92 Å². The number of hydrogen-bond acceptors (Lipinski definition) is 5. The van der Waals surface area contributed by atoms with Crippen LogP contribution in [0.25, 0.3) is 11.1 Å². The predicted octanol–water partition coefficient (Wildman–Crippen LogP) is 2.54. The molecule has 0 saturated carbocycles. The molecule has 2 aromatic rings. The molecule has 1 heterocycles. The number of nitrogens with two attached hydrogens (primary N) is 1. The highest BCUT2D eigenvalue weighted by molar-refractivity contribution is 7.99. The van der Waals surface area contributed by atoms with E-state index in [4.69, 9.17) is 14.9 Å². The van der Waals surface area contributed by atoms with E-state index in [1.54, 1.807) is 24.9 Å². The molecule has 16 heavy (non-hydrogen) atoms. The molecule has 0 saturated heterocycles. The molecule has 1 aromatic carbocycles. The summed E-state index contributed by atoms with van der Waals surface area (Å²) in [4.78, 5) is 4.36. The molecule has 1 unspecified atom stereocenters. The highest BCUT2D eigenvalue weighted by atomic mass is 32.2. The molecule has 0 aliphatic heterocycles. The van der Waals surface area contributed by atoms with E-state index in [9.17, 15) is 0 Å². The monoisotopic (exact) mass is 238 g/mol. The second-order valence-corrected chi connectivity index (χ2v) is 4.98. The molecule has 86 valence electrons. The Kier molecular flexibility index (Phi) is 3.36. The second-order valence-electron chi connectivity index (χ2n) is 3.59. The summed E-state index contributed by atoms with van der Waals surface area (Å²) < 4.78 is 10.6. The SMILES string of the molecule is COCC(C)Sc1nc2cc(N)ccc2o1. The third-order valence-electron chi connectivity index (χ3n) is 2.10. The lowest BCUT2D eigenvalue weighted by Gasteiger charge is -2.05. The number of oxazole rings is 1. The average Bonchev–Trinajstić information content (AvgIpc) is 2.59. The van der Waals surface area contributed by atoms with Crippen molar-refractivity contribution in [2.24, 2.45) is 0 Å². The summed E-state index contributed by atoms with van der Waals surface area (Å²) in [6.45, 7) is 2.74. The van der Waals surface area contributed by atoms with Crippen molar-refractivity contribution in [3.8, 4) is 0 Å². The van der Waals surface area contributed by atoms with Gasteiger partial charge in [-0.25, -0.2) is 4.98 Å². The largest absolute Gasteiger partial charge is 0.431 e. The maximum Gasteiger partial charge on any atom is 0.257 e. The smallest absolute Gasteiger partial charge is 0.257 e. The minimum atomic E-state index is 0.315. The third kappa shape index (κ3) is 2.48. The van der Waals surface area contributed by atoms with Crippen molar-refractivity contribution in [3.05, 3.63) is 18.2 Å². The lowest BCUT2D eigenvalue weighted by atomic mass is 10.3. The molecule has 2 rings (SSSR count).